The van der Waals surface area contributed by atoms with E-state index in [0.29, 0.717) is 12.3 Å². The Bertz CT molecular complexity index is 647. The van der Waals surface area contributed by atoms with E-state index in [4.69, 9.17) is 10.5 Å². The second-order valence-corrected chi connectivity index (χ2v) is 6.09. The van der Waals surface area contributed by atoms with Crippen molar-refractivity contribution >= 4 is 43.5 Å². The van der Waals surface area contributed by atoms with Gasteiger partial charge in [0.05, 0.1) is 0 Å². The first-order chi connectivity index (χ1) is 10.0. The smallest absolute Gasteiger partial charge is 0.255 e. The molecule has 110 valence electrons. The van der Waals surface area contributed by atoms with Crippen LogP contribution in [0.25, 0.3) is 0 Å². The second-order valence-electron chi connectivity index (χ2n) is 4.38. The van der Waals surface area contributed by atoms with Gasteiger partial charge in [-0.2, -0.15) is 0 Å². The molecule has 0 saturated carbocycles. The Morgan fingerprint density at radius 3 is 2.67 bits per heavy atom. The number of halogens is 2. The topological polar surface area (TPSA) is 64.4 Å². The summed E-state index contributed by atoms with van der Waals surface area (Å²) in [4.78, 5) is 10.7. The number of amides is 1. The van der Waals surface area contributed by atoms with Crippen LogP contribution in [0.4, 0.5) is 5.69 Å². The van der Waals surface area contributed by atoms with E-state index in [2.05, 4.69) is 37.2 Å². The molecule has 0 aliphatic carbocycles. The largest absolute Gasteiger partial charge is 0.484 e. The molecule has 2 aromatic carbocycles. The van der Waals surface area contributed by atoms with E-state index in [9.17, 15) is 4.79 Å². The highest BCUT2D eigenvalue weighted by Gasteiger charge is 2.01. The number of anilines is 1. The van der Waals surface area contributed by atoms with Crippen LogP contribution in [0.15, 0.2) is 51.4 Å². The Labute approximate surface area is 139 Å². The molecule has 2 aromatic rings. The molecule has 0 bridgehead atoms. The molecule has 1 amide bonds. The summed E-state index contributed by atoms with van der Waals surface area (Å²) in [6, 6.07) is 13.5. The average Bonchev–Trinajstić information content (AvgIpc) is 2.47. The molecular formula is C15H14Br2N2O2. The van der Waals surface area contributed by atoms with Crippen LogP contribution < -0.4 is 15.8 Å². The van der Waals surface area contributed by atoms with E-state index < -0.39 is 5.91 Å². The second kappa shape index (κ2) is 7.47. The Morgan fingerprint density at radius 2 is 1.95 bits per heavy atom. The number of carbonyl (C=O) groups excluding carboxylic acids is 1. The van der Waals surface area contributed by atoms with Crippen molar-refractivity contribution in [3.63, 3.8) is 0 Å². The molecule has 0 spiro atoms. The minimum atomic E-state index is -0.493. The first-order valence-corrected chi connectivity index (χ1v) is 7.82. The van der Waals surface area contributed by atoms with Crippen molar-refractivity contribution in [1.82, 2.24) is 0 Å². The molecule has 0 aliphatic heterocycles. The summed E-state index contributed by atoms with van der Waals surface area (Å²) in [6.07, 6.45) is 0. The molecule has 3 N–H and O–H groups in total. The number of ether oxygens (including phenoxy) is 1. The highest BCUT2D eigenvalue weighted by molar-refractivity contribution is 9.13. The van der Waals surface area contributed by atoms with Crippen molar-refractivity contribution in [1.29, 1.82) is 0 Å². The molecule has 0 atom stereocenters. The maximum Gasteiger partial charge on any atom is 0.255 e. The molecule has 2 rings (SSSR count). The Morgan fingerprint density at radius 1 is 1.14 bits per heavy atom. The molecule has 0 radical (unpaired) electrons. The van der Waals surface area contributed by atoms with Gasteiger partial charge in [-0.3, -0.25) is 4.79 Å². The molecule has 0 aromatic heterocycles. The van der Waals surface area contributed by atoms with Crippen LogP contribution in [0.1, 0.15) is 5.56 Å². The van der Waals surface area contributed by atoms with Crippen molar-refractivity contribution in [3.05, 3.63) is 57.0 Å². The predicted molar refractivity (Wildman–Crippen MR) is 90.3 cm³/mol. The third-order valence-electron chi connectivity index (χ3n) is 2.70. The summed E-state index contributed by atoms with van der Waals surface area (Å²) in [5.74, 6) is 0.115. The molecular weight excluding hydrogens is 400 g/mol. The fourth-order valence-corrected chi connectivity index (χ4v) is 2.38. The van der Waals surface area contributed by atoms with Crippen LogP contribution in [0, 0.1) is 0 Å². The van der Waals surface area contributed by atoms with Crippen LogP contribution in [0.5, 0.6) is 5.75 Å². The quantitative estimate of drug-likeness (QED) is 0.758. The van der Waals surface area contributed by atoms with Crippen molar-refractivity contribution in [2.45, 2.75) is 6.54 Å². The monoisotopic (exact) mass is 412 g/mol. The van der Waals surface area contributed by atoms with Crippen LogP contribution in [0.2, 0.25) is 0 Å². The lowest BCUT2D eigenvalue weighted by molar-refractivity contribution is -0.119. The van der Waals surface area contributed by atoms with Gasteiger partial charge in [0.1, 0.15) is 5.75 Å². The first-order valence-electron chi connectivity index (χ1n) is 6.23. The lowest BCUT2D eigenvalue weighted by atomic mass is 10.2. The molecule has 0 aliphatic rings. The lowest BCUT2D eigenvalue weighted by Gasteiger charge is -2.10. The van der Waals surface area contributed by atoms with Crippen LogP contribution in [0.3, 0.4) is 0 Å². The fraction of sp³-hybridized carbons (Fsp3) is 0.133. The number of benzene rings is 2. The van der Waals surface area contributed by atoms with Gasteiger partial charge in [0.25, 0.3) is 5.91 Å². The zero-order chi connectivity index (χ0) is 15.2. The van der Waals surface area contributed by atoms with Gasteiger partial charge < -0.3 is 15.8 Å². The summed E-state index contributed by atoms with van der Waals surface area (Å²) >= 11 is 6.92. The highest BCUT2D eigenvalue weighted by atomic mass is 79.9. The number of rotatable bonds is 6. The first kappa shape index (κ1) is 15.9. The minimum absolute atomic E-state index is 0.122. The van der Waals surface area contributed by atoms with E-state index in [1.54, 1.807) is 6.07 Å². The molecule has 4 nitrogen and oxygen atoms in total. The molecule has 0 saturated heterocycles. The number of primary amides is 1. The molecule has 21 heavy (non-hydrogen) atoms. The number of carbonyl (C=O) groups is 1. The van der Waals surface area contributed by atoms with Gasteiger partial charge in [-0.1, -0.05) is 12.1 Å². The minimum Gasteiger partial charge on any atom is -0.484 e. The van der Waals surface area contributed by atoms with Crippen molar-refractivity contribution in [2.24, 2.45) is 5.73 Å². The van der Waals surface area contributed by atoms with Gasteiger partial charge in [-0.05, 0) is 61.7 Å². The number of nitrogens with two attached hydrogens (primary N) is 1. The zero-order valence-electron chi connectivity index (χ0n) is 11.1. The van der Waals surface area contributed by atoms with Gasteiger partial charge in [-0.15, -0.1) is 0 Å². The standard InChI is InChI=1S/C15H14Br2N2O2/c16-13-5-4-10(6-14(13)17)8-19-11-2-1-3-12(7-11)21-9-15(18)20/h1-7,19H,8-9H2,(H2,18,20). The molecule has 0 unspecified atom stereocenters. The SMILES string of the molecule is NC(=O)COc1cccc(NCc2ccc(Br)c(Br)c2)c1. The van der Waals surface area contributed by atoms with Gasteiger partial charge in [-0.25, -0.2) is 0 Å². The van der Waals surface area contributed by atoms with E-state index >= 15 is 0 Å². The zero-order valence-corrected chi connectivity index (χ0v) is 14.3. The maximum absolute atomic E-state index is 10.7. The van der Waals surface area contributed by atoms with E-state index in [0.717, 1.165) is 20.2 Å². The molecule has 0 fully saturated rings. The van der Waals surface area contributed by atoms with Crippen LogP contribution >= 0.6 is 31.9 Å². The fourth-order valence-electron chi connectivity index (χ4n) is 1.70. The number of nitrogens with one attached hydrogen (secondary N) is 1. The normalized spacial score (nSPS) is 10.2. The average molecular weight is 414 g/mol. The predicted octanol–water partition coefficient (Wildman–Crippen LogP) is 3.69. The van der Waals surface area contributed by atoms with Crippen LogP contribution in [-0.4, -0.2) is 12.5 Å². The van der Waals surface area contributed by atoms with Gasteiger partial charge >= 0.3 is 0 Å². The highest BCUT2D eigenvalue weighted by Crippen LogP contribution is 2.24. The van der Waals surface area contributed by atoms with Crippen molar-refractivity contribution in [3.8, 4) is 5.75 Å². The summed E-state index contributed by atoms with van der Waals surface area (Å²) < 4.78 is 7.30. The Balaban J connectivity index is 1.97. The van der Waals surface area contributed by atoms with E-state index in [1.807, 2.05) is 36.4 Å². The third-order valence-corrected chi connectivity index (χ3v) is 4.58. The van der Waals surface area contributed by atoms with Crippen LogP contribution in [-0.2, 0) is 11.3 Å². The lowest BCUT2D eigenvalue weighted by Crippen LogP contribution is -2.20. The summed E-state index contributed by atoms with van der Waals surface area (Å²) in [5.41, 5.74) is 7.11. The number of hydrogen-bond donors (Lipinski definition) is 2. The molecule has 0 heterocycles. The Hall–Kier alpha value is -1.53. The van der Waals surface area contributed by atoms with E-state index in [-0.39, 0.29) is 6.61 Å². The molecule has 6 heteroatoms. The number of hydrogen-bond acceptors (Lipinski definition) is 3. The van der Waals surface area contributed by atoms with E-state index in [1.165, 1.54) is 0 Å². The maximum atomic E-state index is 10.7. The van der Waals surface area contributed by atoms with Gasteiger partial charge in [0.2, 0.25) is 0 Å². The summed E-state index contributed by atoms with van der Waals surface area (Å²) in [6.45, 7) is 0.564. The van der Waals surface area contributed by atoms with Gasteiger partial charge in [0.15, 0.2) is 6.61 Å². The third kappa shape index (κ3) is 5.06. The summed E-state index contributed by atoms with van der Waals surface area (Å²) in [7, 11) is 0. The van der Waals surface area contributed by atoms with Crippen molar-refractivity contribution < 1.29 is 9.53 Å². The van der Waals surface area contributed by atoms with Crippen molar-refractivity contribution in [2.75, 3.05) is 11.9 Å². The summed E-state index contributed by atoms with van der Waals surface area (Å²) in [5, 5.41) is 3.30. The van der Waals surface area contributed by atoms with Gasteiger partial charge in [0, 0.05) is 27.2 Å². The Kier molecular flexibility index (Phi) is 5.64.